The van der Waals surface area contributed by atoms with E-state index in [4.69, 9.17) is 47.7 Å². The summed E-state index contributed by atoms with van der Waals surface area (Å²) in [7, 11) is 0. The van der Waals surface area contributed by atoms with Crippen molar-refractivity contribution in [3.63, 3.8) is 0 Å². The first-order valence-corrected chi connectivity index (χ1v) is 12.3. The fourth-order valence-electron chi connectivity index (χ4n) is 2.54. The van der Waals surface area contributed by atoms with Crippen molar-refractivity contribution in [2.24, 2.45) is 0 Å². The maximum Gasteiger partial charge on any atom is 0.305 e. The van der Waals surface area contributed by atoms with Crippen molar-refractivity contribution in [2.75, 3.05) is 112 Å². The minimum Gasteiger partial charge on any atom is -0.491 e. The van der Waals surface area contributed by atoms with Crippen molar-refractivity contribution in [3.05, 3.63) is 30.3 Å². The Hall–Kier alpha value is -1.83. The van der Waals surface area contributed by atoms with Crippen molar-refractivity contribution in [3.8, 4) is 5.75 Å². The molecule has 0 amide bonds. The van der Waals surface area contributed by atoms with Crippen LogP contribution in [0.25, 0.3) is 0 Å². The summed E-state index contributed by atoms with van der Waals surface area (Å²) in [6, 6.07) is 9.64. The number of carboxylic acid groups (broad SMARTS) is 1. The van der Waals surface area contributed by atoms with E-state index < -0.39 is 5.97 Å². The van der Waals surface area contributed by atoms with Crippen molar-refractivity contribution in [2.45, 2.75) is 6.42 Å². The molecule has 0 aliphatic carbocycles. The number of hydrogen-bond acceptors (Lipinski definition) is 10. The van der Waals surface area contributed by atoms with Crippen LogP contribution in [0.2, 0.25) is 0 Å². The average Bonchev–Trinajstić information content (AvgIpc) is 2.88. The van der Waals surface area contributed by atoms with Crippen LogP contribution in [0.3, 0.4) is 0 Å². The standard InChI is InChI=1S/C25H42O11/c26-25(27)6-7-28-8-9-29-10-11-30-12-13-31-14-15-32-16-17-33-18-19-34-20-21-35-22-23-36-24-4-2-1-3-5-24/h1-5H,6-23H2,(H,26,27). The maximum absolute atomic E-state index is 10.3. The summed E-state index contributed by atoms with van der Waals surface area (Å²) in [5.41, 5.74) is 0. The summed E-state index contributed by atoms with van der Waals surface area (Å²) in [5, 5.41) is 8.46. The predicted molar refractivity (Wildman–Crippen MR) is 131 cm³/mol. The molecule has 0 fully saturated rings. The molecule has 11 nitrogen and oxygen atoms in total. The molecular formula is C25H42O11. The van der Waals surface area contributed by atoms with Gasteiger partial charge in [-0.2, -0.15) is 0 Å². The molecule has 1 aromatic rings. The molecule has 11 heteroatoms. The molecule has 0 atom stereocenters. The summed E-state index contributed by atoms with van der Waals surface area (Å²) in [4.78, 5) is 10.3. The lowest BCUT2D eigenvalue weighted by Gasteiger charge is -2.09. The van der Waals surface area contributed by atoms with Crippen LogP contribution in [-0.4, -0.2) is 123 Å². The highest BCUT2D eigenvalue weighted by atomic mass is 16.6. The first-order valence-electron chi connectivity index (χ1n) is 12.3. The van der Waals surface area contributed by atoms with Crippen LogP contribution < -0.4 is 4.74 Å². The van der Waals surface area contributed by atoms with Gasteiger partial charge in [-0.3, -0.25) is 4.79 Å². The van der Waals surface area contributed by atoms with Gasteiger partial charge < -0.3 is 47.7 Å². The molecule has 0 spiro atoms. The number of rotatable bonds is 28. The third kappa shape index (κ3) is 23.9. The number of carbonyl (C=O) groups is 1. The van der Waals surface area contributed by atoms with Crippen molar-refractivity contribution < 1.29 is 52.5 Å². The Morgan fingerprint density at radius 2 is 0.778 bits per heavy atom. The fraction of sp³-hybridized carbons (Fsp3) is 0.720. The normalized spacial score (nSPS) is 11.1. The Labute approximate surface area is 213 Å². The van der Waals surface area contributed by atoms with Gasteiger partial charge >= 0.3 is 5.97 Å². The largest absolute Gasteiger partial charge is 0.491 e. The summed E-state index contributed by atoms with van der Waals surface area (Å²) in [6.45, 7) is 7.96. The second-order valence-corrected chi connectivity index (χ2v) is 7.20. The highest BCUT2D eigenvalue weighted by Gasteiger charge is 1.97. The monoisotopic (exact) mass is 518 g/mol. The number of aliphatic carboxylic acids is 1. The Morgan fingerprint density at radius 1 is 0.472 bits per heavy atom. The Morgan fingerprint density at radius 3 is 1.11 bits per heavy atom. The number of para-hydroxylation sites is 1. The Bertz CT molecular complexity index is 589. The van der Waals surface area contributed by atoms with Crippen LogP contribution in [0.4, 0.5) is 0 Å². The quantitative estimate of drug-likeness (QED) is 0.163. The van der Waals surface area contributed by atoms with E-state index in [-0.39, 0.29) is 13.0 Å². The van der Waals surface area contributed by atoms with Gasteiger partial charge in [-0.1, -0.05) is 18.2 Å². The second-order valence-electron chi connectivity index (χ2n) is 7.20. The first-order chi connectivity index (χ1) is 17.8. The Kier molecular flexibility index (Phi) is 23.5. The third-order valence-corrected chi connectivity index (χ3v) is 4.30. The number of carboxylic acids is 1. The number of benzene rings is 1. The summed E-state index contributed by atoms with van der Waals surface area (Å²) < 4.78 is 48.5. The van der Waals surface area contributed by atoms with Crippen molar-refractivity contribution >= 4 is 5.97 Å². The summed E-state index contributed by atoms with van der Waals surface area (Å²) in [6.07, 6.45) is 0.00202. The van der Waals surface area contributed by atoms with Crippen LogP contribution in [-0.2, 0) is 42.7 Å². The zero-order valence-corrected chi connectivity index (χ0v) is 21.1. The molecule has 0 aliphatic rings. The lowest BCUT2D eigenvalue weighted by Crippen LogP contribution is -2.15. The SMILES string of the molecule is O=C(O)CCOCCOCCOCCOCCOCCOCCOCCOCCOc1ccccc1. The highest BCUT2D eigenvalue weighted by molar-refractivity contribution is 5.66. The topological polar surface area (TPSA) is 120 Å². The van der Waals surface area contributed by atoms with Gasteiger partial charge in [0.15, 0.2) is 0 Å². The molecule has 0 bridgehead atoms. The molecule has 0 aromatic heterocycles. The van der Waals surface area contributed by atoms with E-state index in [1.54, 1.807) is 0 Å². The summed E-state index contributed by atoms with van der Waals surface area (Å²) in [5.74, 6) is -0.0317. The van der Waals surface area contributed by atoms with Gasteiger partial charge in [0.1, 0.15) is 12.4 Å². The van der Waals surface area contributed by atoms with Gasteiger partial charge in [0.05, 0.1) is 112 Å². The molecule has 1 rings (SSSR count). The van der Waals surface area contributed by atoms with E-state index in [1.165, 1.54) is 0 Å². The first kappa shape index (κ1) is 32.2. The molecular weight excluding hydrogens is 476 g/mol. The molecule has 208 valence electrons. The van der Waals surface area contributed by atoms with E-state index >= 15 is 0 Å². The third-order valence-electron chi connectivity index (χ3n) is 4.30. The van der Waals surface area contributed by atoms with Crippen LogP contribution in [0.15, 0.2) is 30.3 Å². The zero-order chi connectivity index (χ0) is 25.8. The smallest absolute Gasteiger partial charge is 0.305 e. The van der Waals surface area contributed by atoms with Gasteiger partial charge in [0.2, 0.25) is 0 Å². The number of ether oxygens (including phenoxy) is 9. The van der Waals surface area contributed by atoms with Crippen molar-refractivity contribution in [1.82, 2.24) is 0 Å². The van der Waals surface area contributed by atoms with Gasteiger partial charge in [-0.05, 0) is 12.1 Å². The summed E-state index contributed by atoms with van der Waals surface area (Å²) >= 11 is 0. The molecule has 0 aliphatic heterocycles. The van der Waals surface area contributed by atoms with E-state index in [1.807, 2.05) is 30.3 Å². The van der Waals surface area contributed by atoms with E-state index in [0.29, 0.717) is 106 Å². The second kappa shape index (κ2) is 26.2. The number of hydrogen-bond donors (Lipinski definition) is 1. The molecule has 0 radical (unpaired) electrons. The molecule has 1 N–H and O–H groups in total. The van der Waals surface area contributed by atoms with Crippen molar-refractivity contribution in [1.29, 1.82) is 0 Å². The highest BCUT2D eigenvalue weighted by Crippen LogP contribution is 2.07. The molecule has 36 heavy (non-hydrogen) atoms. The molecule has 0 heterocycles. The van der Waals surface area contributed by atoms with Crippen LogP contribution in [0, 0.1) is 0 Å². The van der Waals surface area contributed by atoms with Crippen LogP contribution >= 0.6 is 0 Å². The molecule has 1 aromatic carbocycles. The van der Waals surface area contributed by atoms with Crippen LogP contribution in [0.1, 0.15) is 6.42 Å². The van der Waals surface area contributed by atoms with Gasteiger partial charge in [-0.25, -0.2) is 0 Å². The van der Waals surface area contributed by atoms with E-state index in [9.17, 15) is 4.79 Å². The van der Waals surface area contributed by atoms with Crippen LogP contribution in [0.5, 0.6) is 5.75 Å². The predicted octanol–water partition coefficient (Wildman–Crippen LogP) is 1.67. The molecule has 0 unspecified atom stereocenters. The fourth-order valence-corrected chi connectivity index (χ4v) is 2.54. The maximum atomic E-state index is 10.3. The van der Waals surface area contributed by atoms with E-state index in [2.05, 4.69) is 0 Å². The lowest BCUT2D eigenvalue weighted by atomic mass is 10.3. The van der Waals surface area contributed by atoms with E-state index in [0.717, 1.165) is 5.75 Å². The van der Waals surface area contributed by atoms with Gasteiger partial charge in [0.25, 0.3) is 0 Å². The lowest BCUT2D eigenvalue weighted by molar-refractivity contribution is -0.138. The van der Waals surface area contributed by atoms with Gasteiger partial charge in [0, 0.05) is 0 Å². The molecule has 0 saturated heterocycles. The minimum atomic E-state index is -0.871. The molecule has 0 saturated carbocycles. The average molecular weight is 519 g/mol. The zero-order valence-electron chi connectivity index (χ0n) is 21.1. The van der Waals surface area contributed by atoms with Gasteiger partial charge in [-0.15, -0.1) is 0 Å². The Balaban J connectivity index is 1.64. The minimum absolute atomic E-state index is 0.00202.